The van der Waals surface area contributed by atoms with Crippen molar-refractivity contribution in [1.29, 1.82) is 0 Å². The molecule has 1 saturated carbocycles. The molecule has 152 valence electrons. The quantitative estimate of drug-likeness (QED) is 0.716. The summed E-state index contributed by atoms with van der Waals surface area (Å²) in [6.07, 6.45) is 5.54. The van der Waals surface area contributed by atoms with Gasteiger partial charge in [0.2, 0.25) is 11.8 Å². The van der Waals surface area contributed by atoms with Crippen LogP contribution >= 0.6 is 11.8 Å². The van der Waals surface area contributed by atoms with E-state index in [0.717, 1.165) is 48.2 Å². The summed E-state index contributed by atoms with van der Waals surface area (Å²) in [5.41, 5.74) is 5.23. The van der Waals surface area contributed by atoms with Crippen molar-refractivity contribution in [3.05, 3.63) is 59.2 Å². The molecule has 0 unspecified atom stereocenters. The van der Waals surface area contributed by atoms with Crippen LogP contribution in [0.1, 0.15) is 54.2 Å². The van der Waals surface area contributed by atoms with E-state index >= 15 is 0 Å². The number of amides is 2. The molecule has 1 aliphatic carbocycles. The molecule has 1 atom stereocenters. The van der Waals surface area contributed by atoms with Crippen molar-refractivity contribution in [2.75, 3.05) is 16.0 Å². The molecule has 4 rings (SSSR count). The van der Waals surface area contributed by atoms with Gasteiger partial charge in [-0.15, -0.1) is 11.8 Å². The Bertz CT molecular complexity index is 904. The van der Waals surface area contributed by atoms with Gasteiger partial charge in [-0.25, -0.2) is 0 Å². The Morgan fingerprint density at radius 1 is 1.03 bits per heavy atom. The molecular formula is C24H28N2O2S. The fraction of sp³-hybridized carbons (Fsp3) is 0.417. The number of hydrogen-bond donors (Lipinski definition) is 1. The number of thioether (sulfide) groups is 1. The number of nitrogens with zero attached hydrogens (tertiary/aromatic N) is 1. The SMILES string of the molecule is Cc1cccc(N2C(=O)CS[C@@H]2c2ccc(NC(=O)C3CCCCC3)cc2)c1C. The first kappa shape index (κ1) is 20.0. The van der Waals surface area contributed by atoms with E-state index in [9.17, 15) is 9.59 Å². The fourth-order valence-electron chi connectivity index (χ4n) is 4.27. The second-order valence-electron chi connectivity index (χ2n) is 8.09. The maximum atomic E-state index is 12.7. The first-order chi connectivity index (χ1) is 14.0. The number of rotatable bonds is 4. The highest BCUT2D eigenvalue weighted by atomic mass is 32.2. The number of benzene rings is 2. The minimum Gasteiger partial charge on any atom is -0.326 e. The molecule has 2 aliphatic rings. The van der Waals surface area contributed by atoms with Crippen molar-refractivity contribution >= 4 is 35.0 Å². The molecule has 1 heterocycles. The summed E-state index contributed by atoms with van der Waals surface area (Å²) in [6.45, 7) is 4.15. The molecule has 2 fully saturated rings. The van der Waals surface area contributed by atoms with E-state index in [1.807, 2.05) is 41.3 Å². The third kappa shape index (κ3) is 4.20. The number of nitrogens with one attached hydrogen (secondary N) is 1. The standard InChI is InChI=1S/C24H28N2O2S/c1-16-7-6-10-21(17(16)2)26-22(27)15-29-24(26)19-11-13-20(14-12-19)25-23(28)18-8-4-3-5-9-18/h6-7,10-14,18,24H,3-5,8-9,15H2,1-2H3,(H,25,28)/t24-/m1/s1. The number of aryl methyl sites for hydroxylation is 1. The average molecular weight is 409 g/mol. The molecule has 2 amide bonds. The van der Waals surface area contributed by atoms with Gasteiger partial charge in [0.25, 0.3) is 0 Å². The van der Waals surface area contributed by atoms with Gasteiger partial charge >= 0.3 is 0 Å². The molecule has 2 aromatic carbocycles. The van der Waals surface area contributed by atoms with Crippen LogP contribution in [-0.4, -0.2) is 17.6 Å². The van der Waals surface area contributed by atoms with E-state index in [2.05, 4.69) is 25.2 Å². The lowest BCUT2D eigenvalue weighted by molar-refractivity contribution is -0.120. The lowest BCUT2D eigenvalue weighted by atomic mass is 9.88. The minimum absolute atomic E-state index is 0.0360. The predicted molar refractivity (Wildman–Crippen MR) is 120 cm³/mol. The predicted octanol–water partition coefficient (Wildman–Crippen LogP) is 5.60. The van der Waals surface area contributed by atoms with Crippen LogP contribution < -0.4 is 10.2 Å². The normalized spacial score (nSPS) is 20.1. The highest BCUT2D eigenvalue weighted by Crippen LogP contribution is 2.43. The Morgan fingerprint density at radius 2 is 1.76 bits per heavy atom. The Balaban J connectivity index is 1.51. The molecule has 4 nitrogen and oxygen atoms in total. The smallest absolute Gasteiger partial charge is 0.238 e. The largest absolute Gasteiger partial charge is 0.326 e. The molecule has 0 spiro atoms. The second-order valence-corrected chi connectivity index (χ2v) is 9.16. The summed E-state index contributed by atoms with van der Waals surface area (Å²) < 4.78 is 0. The molecule has 1 aliphatic heterocycles. The summed E-state index contributed by atoms with van der Waals surface area (Å²) in [4.78, 5) is 27.1. The minimum atomic E-state index is -0.0360. The molecule has 0 aromatic heterocycles. The fourth-order valence-corrected chi connectivity index (χ4v) is 5.44. The third-order valence-corrected chi connectivity index (χ3v) is 7.36. The van der Waals surface area contributed by atoms with E-state index in [4.69, 9.17) is 0 Å². The van der Waals surface area contributed by atoms with Crippen LogP contribution in [0.25, 0.3) is 0 Å². The zero-order chi connectivity index (χ0) is 20.4. The van der Waals surface area contributed by atoms with E-state index < -0.39 is 0 Å². The van der Waals surface area contributed by atoms with Gasteiger partial charge in [-0.1, -0.05) is 43.5 Å². The first-order valence-corrected chi connectivity index (χ1v) is 11.5. The molecule has 2 aromatic rings. The molecule has 1 N–H and O–H groups in total. The highest BCUT2D eigenvalue weighted by molar-refractivity contribution is 8.00. The van der Waals surface area contributed by atoms with Crippen molar-refractivity contribution in [3.8, 4) is 0 Å². The van der Waals surface area contributed by atoms with Crippen LogP contribution in [0.4, 0.5) is 11.4 Å². The molecule has 29 heavy (non-hydrogen) atoms. The number of anilines is 2. The second kappa shape index (κ2) is 8.62. The van der Waals surface area contributed by atoms with Crippen molar-refractivity contribution < 1.29 is 9.59 Å². The first-order valence-electron chi connectivity index (χ1n) is 10.5. The van der Waals surface area contributed by atoms with E-state index in [0.29, 0.717) is 5.75 Å². The maximum absolute atomic E-state index is 12.7. The van der Waals surface area contributed by atoms with Gasteiger partial charge < -0.3 is 5.32 Å². The third-order valence-electron chi connectivity index (χ3n) is 6.14. The van der Waals surface area contributed by atoms with Crippen molar-refractivity contribution in [2.45, 2.75) is 51.3 Å². The van der Waals surface area contributed by atoms with E-state index in [-0.39, 0.29) is 23.1 Å². The van der Waals surface area contributed by atoms with Crippen molar-refractivity contribution in [2.24, 2.45) is 5.92 Å². The maximum Gasteiger partial charge on any atom is 0.238 e. The summed E-state index contributed by atoms with van der Waals surface area (Å²) >= 11 is 1.65. The summed E-state index contributed by atoms with van der Waals surface area (Å²) in [5, 5.41) is 3.04. The van der Waals surface area contributed by atoms with Crippen LogP contribution in [0.3, 0.4) is 0 Å². The van der Waals surface area contributed by atoms with Gasteiger partial charge in [0.15, 0.2) is 0 Å². The van der Waals surface area contributed by atoms with Crippen LogP contribution in [0.2, 0.25) is 0 Å². The Morgan fingerprint density at radius 3 is 2.48 bits per heavy atom. The highest BCUT2D eigenvalue weighted by Gasteiger charge is 2.35. The molecular weight excluding hydrogens is 380 g/mol. The van der Waals surface area contributed by atoms with Crippen LogP contribution in [0.5, 0.6) is 0 Å². The molecule has 0 radical (unpaired) electrons. The van der Waals surface area contributed by atoms with Crippen molar-refractivity contribution in [1.82, 2.24) is 0 Å². The molecule has 1 saturated heterocycles. The lowest BCUT2D eigenvalue weighted by Crippen LogP contribution is -2.28. The summed E-state index contributed by atoms with van der Waals surface area (Å²) in [6, 6.07) is 14.1. The van der Waals surface area contributed by atoms with Gasteiger partial charge in [0.1, 0.15) is 5.37 Å². The summed E-state index contributed by atoms with van der Waals surface area (Å²) in [5.74, 6) is 0.910. The Hall–Kier alpha value is -2.27. The van der Waals surface area contributed by atoms with E-state index in [1.165, 1.54) is 12.0 Å². The number of carbonyl (C=O) groups is 2. The van der Waals surface area contributed by atoms with Gasteiger partial charge in [-0.3, -0.25) is 14.5 Å². The van der Waals surface area contributed by atoms with Gasteiger partial charge in [-0.05, 0) is 61.6 Å². The molecule has 5 heteroatoms. The van der Waals surface area contributed by atoms with Gasteiger partial charge in [-0.2, -0.15) is 0 Å². The topological polar surface area (TPSA) is 49.4 Å². The number of carbonyl (C=O) groups excluding carboxylic acids is 2. The van der Waals surface area contributed by atoms with Gasteiger partial charge in [0, 0.05) is 17.3 Å². The van der Waals surface area contributed by atoms with E-state index in [1.54, 1.807) is 11.8 Å². The van der Waals surface area contributed by atoms with Crippen LogP contribution in [0.15, 0.2) is 42.5 Å². The number of hydrogen-bond acceptors (Lipinski definition) is 3. The lowest BCUT2D eigenvalue weighted by Gasteiger charge is -2.27. The summed E-state index contributed by atoms with van der Waals surface area (Å²) in [7, 11) is 0. The Kier molecular flexibility index (Phi) is 5.95. The van der Waals surface area contributed by atoms with Crippen molar-refractivity contribution in [3.63, 3.8) is 0 Å². The zero-order valence-corrected chi connectivity index (χ0v) is 17.9. The Labute approximate surface area is 177 Å². The zero-order valence-electron chi connectivity index (χ0n) is 17.1. The monoisotopic (exact) mass is 408 g/mol. The van der Waals surface area contributed by atoms with Gasteiger partial charge in [0.05, 0.1) is 5.75 Å². The van der Waals surface area contributed by atoms with Crippen LogP contribution in [-0.2, 0) is 9.59 Å². The van der Waals surface area contributed by atoms with Crippen LogP contribution in [0, 0.1) is 19.8 Å². The average Bonchev–Trinajstić information content (AvgIpc) is 3.12. The molecule has 0 bridgehead atoms.